The van der Waals surface area contributed by atoms with Crippen molar-refractivity contribution in [3.8, 4) is 0 Å². The molecule has 7 aromatic carbocycles. The maximum atomic E-state index is 2.44. The largest absolute Gasteiger partial charge is 0.310 e. The van der Waals surface area contributed by atoms with Gasteiger partial charge in [0, 0.05) is 54.0 Å². The average Bonchev–Trinajstić information content (AvgIpc) is 3.45. The number of hydrogen-bond acceptors (Lipinski definition) is 3. The van der Waals surface area contributed by atoms with Gasteiger partial charge in [0.1, 0.15) is 0 Å². The van der Waals surface area contributed by atoms with Crippen LogP contribution in [-0.4, -0.2) is 0 Å². The first-order valence-corrected chi connectivity index (χ1v) is 17.0. The second kappa shape index (κ2) is 11.8. The number of anilines is 6. The summed E-state index contributed by atoms with van der Waals surface area (Å²) in [5.74, 6) is 0. The first-order valence-electron chi connectivity index (χ1n) is 16.2. The van der Waals surface area contributed by atoms with Crippen molar-refractivity contribution in [2.45, 2.75) is 27.7 Å². The Hall–Kier alpha value is -5.38. The van der Waals surface area contributed by atoms with E-state index in [4.69, 9.17) is 0 Å². The lowest BCUT2D eigenvalue weighted by Gasteiger charge is -2.28. The minimum Gasteiger partial charge on any atom is -0.310 e. The highest BCUT2D eigenvalue weighted by Crippen LogP contribution is 2.48. The Balaban J connectivity index is 1.37. The molecule has 8 rings (SSSR count). The Kier molecular flexibility index (Phi) is 7.27. The highest BCUT2D eigenvalue weighted by Gasteiger charge is 2.21. The zero-order chi connectivity index (χ0) is 32.1. The monoisotopic (exact) mass is 624 g/mol. The van der Waals surface area contributed by atoms with Crippen LogP contribution in [0.5, 0.6) is 0 Å². The Labute approximate surface area is 280 Å². The maximum Gasteiger partial charge on any atom is 0.0554 e. The molecule has 1 heterocycles. The molecule has 2 nitrogen and oxygen atoms in total. The first kappa shape index (κ1) is 29.1. The van der Waals surface area contributed by atoms with Crippen molar-refractivity contribution >= 4 is 76.4 Å². The van der Waals surface area contributed by atoms with Gasteiger partial charge >= 0.3 is 0 Å². The quantitative estimate of drug-likeness (QED) is 0.182. The molecule has 47 heavy (non-hydrogen) atoms. The summed E-state index contributed by atoms with van der Waals surface area (Å²) in [6.07, 6.45) is 0. The van der Waals surface area contributed by atoms with E-state index in [1.54, 1.807) is 0 Å². The molecule has 0 saturated heterocycles. The van der Waals surface area contributed by atoms with Crippen molar-refractivity contribution in [3.05, 3.63) is 168 Å². The maximum absolute atomic E-state index is 2.44. The summed E-state index contributed by atoms with van der Waals surface area (Å²) >= 11 is 1.88. The summed E-state index contributed by atoms with van der Waals surface area (Å²) in [4.78, 5) is 4.81. The lowest BCUT2D eigenvalue weighted by atomic mass is 10.00. The van der Waals surface area contributed by atoms with E-state index in [-0.39, 0.29) is 0 Å². The Bertz CT molecular complexity index is 2420. The molecule has 3 heteroatoms. The van der Waals surface area contributed by atoms with Crippen LogP contribution in [0, 0.1) is 27.7 Å². The summed E-state index contributed by atoms with van der Waals surface area (Å²) in [5, 5.41) is 5.14. The molecule has 0 aliphatic rings. The van der Waals surface area contributed by atoms with Crippen LogP contribution in [0.1, 0.15) is 22.3 Å². The zero-order valence-electron chi connectivity index (χ0n) is 27.2. The smallest absolute Gasteiger partial charge is 0.0554 e. The zero-order valence-corrected chi connectivity index (χ0v) is 28.0. The topological polar surface area (TPSA) is 6.48 Å². The molecule has 0 saturated carbocycles. The predicted octanol–water partition coefficient (Wildman–Crippen LogP) is 13.4. The number of nitrogens with zero attached hydrogens (tertiary/aromatic N) is 2. The summed E-state index contributed by atoms with van der Waals surface area (Å²) in [5.41, 5.74) is 12.0. The van der Waals surface area contributed by atoms with Crippen molar-refractivity contribution in [3.63, 3.8) is 0 Å². The van der Waals surface area contributed by atoms with Crippen molar-refractivity contribution in [2.24, 2.45) is 0 Å². The van der Waals surface area contributed by atoms with Gasteiger partial charge in [-0.05, 0) is 110 Å². The van der Waals surface area contributed by atoms with Gasteiger partial charge in [-0.15, -0.1) is 11.3 Å². The molecule has 0 aliphatic carbocycles. The van der Waals surface area contributed by atoms with Crippen LogP contribution < -0.4 is 9.80 Å². The molecular weight excluding hydrogens is 589 g/mol. The molecule has 0 radical (unpaired) electrons. The van der Waals surface area contributed by atoms with E-state index in [9.17, 15) is 0 Å². The molecule has 0 unspecified atom stereocenters. The molecule has 0 amide bonds. The van der Waals surface area contributed by atoms with Gasteiger partial charge in [0.2, 0.25) is 0 Å². The van der Waals surface area contributed by atoms with Crippen LogP contribution in [0.4, 0.5) is 34.1 Å². The molecule has 0 atom stereocenters. The third kappa shape index (κ3) is 5.23. The lowest BCUT2D eigenvalue weighted by Crippen LogP contribution is -2.12. The van der Waals surface area contributed by atoms with Gasteiger partial charge in [0.25, 0.3) is 0 Å². The number of benzene rings is 7. The number of rotatable bonds is 6. The van der Waals surface area contributed by atoms with Crippen LogP contribution in [-0.2, 0) is 0 Å². The fourth-order valence-corrected chi connectivity index (χ4v) is 8.02. The van der Waals surface area contributed by atoms with Crippen LogP contribution in [0.25, 0.3) is 30.9 Å². The van der Waals surface area contributed by atoms with Gasteiger partial charge in [0.05, 0.1) is 5.69 Å². The van der Waals surface area contributed by atoms with Gasteiger partial charge in [-0.2, -0.15) is 0 Å². The summed E-state index contributed by atoms with van der Waals surface area (Å²) < 4.78 is 2.57. The molecule has 228 valence electrons. The fourth-order valence-electron chi connectivity index (χ4n) is 6.83. The van der Waals surface area contributed by atoms with E-state index in [1.807, 2.05) is 11.3 Å². The number of aryl methyl sites for hydroxylation is 4. The van der Waals surface area contributed by atoms with Gasteiger partial charge in [-0.3, -0.25) is 0 Å². The van der Waals surface area contributed by atoms with E-state index in [0.717, 1.165) is 17.1 Å². The van der Waals surface area contributed by atoms with Crippen molar-refractivity contribution in [1.82, 2.24) is 0 Å². The summed E-state index contributed by atoms with van der Waals surface area (Å²) in [7, 11) is 0. The summed E-state index contributed by atoms with van der Waals surface area (Å²) in [6, 6.07) is 53.4. The SMILES string of the molecule is Cc1ccc(N(c2cccc(C)c2)c2ccc3c(c2)sc2cc(N(c4cccc(C)c4)c4ccccc4C)c4ccccc4c23)cc1. The predicted molar refractivity (Wildman–Crippen MR) is 205 cm³/mol. The van der Waals surface area contributed by atoms with Gasteiger partial charge < -0.3 is 9.80 Å². The lowest BCUT2D eigenvalue weighted by molar-refractivity contribution is 1.25. The van der Waals surface area contributed by atoms with Crippen LogP contribution in [0.3, 0.4) is 0 Å². The van der Waals surface area contributed by atoms with E-state index in [0.29, 0.717) is 0 Å². The standard InChI is InChI=1S/C44H36N2S/c1-29-19-21-33(22-20-29)45(34-14-9-11-30(2)25-34)36-23-24-39-42(27-36)47-43-28-41(37-16-6-7-17-38(37)44(39)43)46(35-15-10-12-31(3)26-35)40-18-8-5-13-32(40)4/h5-28H,1-4H3. The molecule has 0 spiro atoms. The molecule has 0 N–H and O–H groups in total. The molecule has 0 bridgehead atoms. The number of thiophene rings is 1. The molecule has 8 aromatic rings. The molecule has 0 aliphatic heterocycles. The molecule has 1 aromatic heterocycles. The van der Waals surface area contributed by atoms with E-state index in [2.05, 4.69) is 183 Å². The van der Waals surface area contributed by atoms with E-state index >= 15 is 0 Å². The van der Waals surface area contributed by atoms with E-state index < -0.39 is 0 Å². The number of fused-ring (bicyclic) bond motifs is 5. The molecular formula is C44H36N2S. The number of para-hydroxylation sites is 1. The van der Waals surface area contributed by atoms with Crippen LogP contribution >= 0.6 is 11.3 Å². The Morgan fingerprint density at radius 3 is 1.70 bits per heavy atom. The third-order valence-corrected chi connectivity index (χ3v) is 10.2. The minimum atomic E-state index is 1.15. The second-order valence-corrected chi connectivity index (χ2v) is 13.7. The van der Waals surface area contributed by atoms with Crippen molar-refractivity contribution < 1.29 is 0 Å². The van der Waals surface area contributed by atoms with Gasteiger partial charge in [-0.25, -0.2) is 0 Å². The van der Waals surface area contributed by atoms with Crippen molar-refractivity contribution in [1.29, 1.82) is 0 Å². The Morgan fingerprint density at radius 1 is 0.383 bits per heavy atom. The van der Waals surface area contributed by atoms with Gasteiger partial charge in [-0.1, -0.05) is 90.5 Å². The van der Waals surface area contributed by atoms with Crippen LogP contribution in [0.2, 0.25) is 0 Å². The van der Waals surface area contributed by atoms with E-state index in [1.165, 1.54) is 70.3 Å². The minimum absolute atomic E-state index is 1.15. The summed E-state index contributed by atoms with van der Waals surface area (Å²) in [6.45, 7) is 8.67. The second-order valence-electron chi connectivity index (χ2n) is 12.6. The highest BCUT2D eigenvalue weighted by molar-refractivity contribution is 7.26. The fraction of sp³-hybridized carbons (Fsp3) is 0.0909. The molecule has 0 fully saturated rings. The Morgan fingerprint density at radius 2 is 1.00 bits per heavy atom. The number of hydrogen-bond donors (Lipinski definition) is 0. The third-order valence-electron chi connectivity index (χ3n) is 9.11. The average molecular weight is 625 g/mol. The van der Waals surface area contributed by atoms with Crippen LogP contribution in [0.15, 0.2) is 146 Å². The highest BCUT2D eigenvalue weighted by atomic mass is 32.1. The normalized spacial score (nSPS) is 11.4. The van der Waals surface area contributed by atoms with Crippen molar-refractivity contribution in [2.75, 3.05) is 9.80 Å². The first-order chi connectivity index (χ1) is 22.9. The van der Waals surface area contributed by atoms with Gasteiger partial charge in [0.15, 0.2) is 0 Å².